The molecule has 2 aromatic carbocycles. The van der Waals surface area contributed by atoms with Crippen LogP contribution in [0.4, 0.5) is 0 Å². The first-order chi connectivity index (χ1) is 16.5. The largest absolute Gasteiger partial charge is 0.494 e. The number of hydrogen-bond acceptors (Lipinski definition) is 3. The molecule has 0 spiro atoms. The molecule has 188 valence electrons. The van der Waals surface area contributed by atoms with Gasteiger partial charge < -0.3 is 14.0 Å². The van der Waals surface area contributed by atoms with E-state index in [0.717, 1.165) is 42.6 Å². The van der Waals surface area contributed by atoms with Crippen LogP contribution in [0.15, 0.2) is 54.6 Å². The Morgan fingerprint density at radius 2 is 1.50 bits per heavy atom. The highest BCUT2D eigenvalue weighted by molar-refractivity contribution is 5.69. The van der Waals surface area contributed by atoms with Crippen LogP contribution in [0, 0.1) is 0 Å². The Bertz CT molecular complexity index is 804. The van der Waals surface area contributed by atoms with Crippen LogP contribution in [0.2, 0.25) is 0 Å². The van der Waals surface area contributed by atoms with E-state index >= 15 is 0 Å². The Balaban J connectivity index is 1.52. The maximum absolute atomic E-state index is 12.1. The summed E-state index contributed by atoms with van der Waals surface area (Å²) in [4.78, 5) is 12.1. The average Bonchev–Trinajstić information content (AvgIpc) is 2.83. The Labute approximate surface area is 207 Å². The summed E-state index contributed by atoms with van der Waals surface area (Å²) < 4.78 is 12.1. The number of carbonyl (C=O) groups excluding carboxylic acids is 1. The summed E-state index contributed by atoms with van der Waals surface area (Å²) >= 11 is 0. The van der Waals surface area contributed by atoms with Crippen LogP contribution in [0.25, 0.3) is 0 Å². The Morgan fingerprint density at radius 3 is 2.29 bits per heavy atom. The molecular formula is C30H46NO3+. The molecule has 0 saturated heterocycles. The highest BCUT2D eigenvalue weighted by Crippen LogP contribution is 2.17. The average molecular weight is 469 g/mol. The number of ether oxygens (including phenoxy) is 2. The van der Waals surface area contributed by atoms with E-state index < -0.39 is 0 Å². The number of aryl methyl sites for hydroxylation is 1. The monoisotopic (exact) mass is 468 g/mol. The van der Waals surface area contributed by atoms with Crippen molar-refractivity contribution < 1.29 is 18.8 Å². The molecule has 34 heavy (non-hydrogen) atoms. The van der Waals surface area contributed by atoms with E-state index in [9.17, 15) is 4.79 Å². The smallest absolute Gasteiger partial charge is 0.311 e. The minimum atomic E-state index is -0.109. The van der Waals surface area contributed by atoms with Gasteiger partial charge in [0, 0.05) is 5.56 Å². The van der Waals surface area contributed by atoms with Gasteiger partial charge in [0.2, 0.25) is 0 Å². The molecule has 0 N–H and O–H groups in total. The fraction of sp³-hybridized carbons (Fsp3) is 0.567. The summed E-state index contributed by atoms with van der Waals surface area (Å²) in [6.45, 7) is 5.05. The van der Waals surface area contributed by atoms with Crippen molar-refractivity contribution in [2.75, 3.05) is 33.9 Å². The van der Waals surface area contributed by atoms with Crippen molar-refractivity contribution in [2.45, 2.75) is 77.7 Å². The third-order valence-corrected chi connectivity index (χ3v) is 6.16. The lowest BCUT2D eigenvalue weighted by atomic mass is 10.0. The SMILES string of the molecule is CCCCCCCCc1cccc(OCCCCOC(=O)CC[N+](C)(C)Cc2ccccc2)c1. The van der Waals surface area contributed by atoms with Crippen molar-refractivity contribution in [1.82, 2.24) is 0 Å². The van der Waals surface area contributed by atoms with Crippen molar-refractivity contribution in [3.05, 3.63) is 65.7 Å². The second-order valence-corrected chi connectivity index (χ2v) is 9.99. The van der Waals surface area contributed by atoms with Gasteiger partial charge >= 0.3 is 5.97 Å². The predicted molar refractivity (Wildman–Crippen MR) is 141 cm³/mol. The highest BCUT2D eigenvalue weighted by atomic mass is 16.5. The third kappa shape index (κ3) is 12.8. The maximum Gasteiger partial charge on any atom is 0.311 e. The van der Waals surface area contributed by atoms with Crippen molar-refractivity contribution in [3.63, 3.8) is 0 Å². The third-order valence-electron chi connectivity index (χ3n) is 6.16. The lowest BCUT2D eigenvalue weighted by molar-refractivity contribution is -0.903. The van der Waals surface area contributed by atoms with Crippen LogP contribution in [0.1, 0.15) is 75.8 Å². The zero-order valence-corrected chi connectivity index (χ0v) is 21.8. The molecule has 0 saturated carbocycles. The van der Waals surface area contributed by atoms with Crippen LogP contribution in [0.3, 0.4) is 0 Å². The number of quaternary nitrogens is 1. The quantitative estimate of drug-likeness (QED) is 0.135. The highest BCUT2D eigenvalue weighted by Gasteiger charge is 2.18. The van der Waals surface area contributed by atoms with Gasteiger partial charge in [-0.05, 0) is 43.4 Å². The summed E-state index contributed by atoms with van der Waals surface area (Å²) in [5.41, 5.74) is 2.64. The number of hydrogen-bond donors (Lipinski definition) is 0. The normalized spacial score (nSPS) is 11.4. The summed E-state index contributed by atoms with van der Waals surface area (Å²) in [5, 5.41) is 0. The molecule has 0 heterocycles. The number of benzene rings is 2. The topological polar surface area (TPSA) is 35.5 Å². The summed E-state index contributed by atoms with van der Waals surface area (Å²) in [7, 11) is 4.31. The number of esters is 1. The standard InChI is InChI=1S/C30H46NO3/c1-4-5-6-7-8-10-16-27-19-15-20-29(25-27)33-23-13-14-24-34-30(32)21-22-31(2,3)26-28-17-11-9-12-18-28/h9,11-12,15,17-20,25H,4-8,10,13-14,16,21-24,26H2,1-3H3/q+1. The number of unbranched alkanes of at least 4 members (excludes halogenated alkanes) is 6. The predicted octanol–water partition coefficient (Wildman–Crippen LogP) is 6.96. The van der Waals surface area contributed by atoms with Gasteiger partial charge in [0.1, 0.15) is 12.3 Å². The molecule has 4 heteroatoms. The van der Waals surface area contributed by atoms with Gasteiger partial charge in [-0.3, -0.25) is 4.79 Å². The van der Waals surface area contributed by atoms with E-state index in [2.05, 4.69) is 63.5 Å². The van der Waals surface area contributed by atoms with Crippen molar-refractivity contribution in [2.24, 2.45) is 0 Å². The summed E-state index contributed by atoms with van der Waals surface area (Å²) in [6.07, 6.45) is 11.2. The van der Waals surface area contributed by atoms with Gasteiger partial charge in [-0.25, -0.2) is 0 Å². The minimum Gasteiger partial charge on any atom is -0.494 e. The molecule has 0 unspecified atom stereocenters. The summed E-state index contributed by atoms with van der Waals surface area (Å²) in [6, 6.07) is 18.9. The van der Waals surface area contributed by atoms with Gasteiger partial charge in [-0.1, -0.05) is 81.5 Å². The van der Waals surface area contributed by atoms with Crippen LogP contribution >= 0.6 is 0 Å². The summed E-state index contributed by atoms with van der Waals surface area (Å²) in [5.74, 6) is 0.835. The van der Waals surface area contributed by atoms with E-state index in [1.807, 2.05) is 12.1 Å². The van der Waals surface area contributed by atoms with E-state index in [4.69, 9.17) is 9.47 Å². The second-order valence-electron chi connectivity index (χ2n) is 9.99. The first kappa shape index (κ1) is 27.9. The molecule has 0 atom stereocenters. The molecule has 0 amide bonds. The zero-order valence-electron chi connectivity index (χ0n) is 21.8. The Morgan fingerprint density at radius 1 is 0.794 bits per heavy atom. The molecule has 0 aliphatic carbocycles. The Hall–Kier alpha value is -2.33. The molecule has 0 radical (unpaired) electrons. The van der Waals surface area contributed by atoms with Gasteiger partial charge in [0.05, 0.1) is 40.3 Å². The lowest BCUT2D eigenvalue weighted by Crippen LogP contribution is -2.40. The van der Waals surface area contributed by atoms with Crippen molar-refractivity contribution in [3.8, 4) is 5.75 Å². The molecular weight excluding hydrogens is 422 g/mol. The van der Waals surface area contributed by atoms with Crippen LogP contribution < -0.4 is 4.74 Å². The number of rotatable bonds is 18. The zero-order chi connectivity index (χ0) is 24.5. The lowest BCUT2D eigenvalue weighted by Gasteiger charge is -2.29. The molecule has 0 bridgehead atoms. The molecule has 2 rings (SSSR count). The Kier molecular flexibility index (Phi) is 13.4. The van der Waals surface area contributed by atoms with E-state index in [-0.39, 0.29) is 5.97 Å². The molecule has 2 aromatic rings. The number of nitrogens with zero attached hydrogens (tertiary/aromatic N) is 1. The second kappa shape index (κ2) is 16.3. The van der Waals surface area contributed by atoms with Crippen molar-refractivity contribution in [1.29, 1.82) is 0 Å². The fourth-order valence-electron chi connectivity index (χ4n) is 4.10. The van der Waals surface area contributed by atoms with Gasteiger partial charge in [-0.15, -0.1) is 0 Å². The fourth-order valence-corrected chi connectivity index (χ4v) is 4.10. The van der Waals surface area contributed by atoms with Crippen LogP contribution in [0.5, 0.6) is 5.75 Å². The molecule has 0 aliphatic rings. The number of carbonyl (C=O) groups is 1. The van der Waals surface area contributed by atoms with Crippen LogP contribution in [-0.4, -0.2) is 44.3 Å². The minimum absolute atomic E-state index is 0.109. The molecule has 0 aliphatic heterocycles. The first-order valence-corrected chi connectivity index (χ1v) is 13.2. The van der Waals surface area contributed by atoms with Gasteiger partial charge in [0.25, 0.3) is 0 Å². The van der Waals surface area contributed by atoms with Gasteiger partial charge in [-0.2, -0.15) is 0 Å². The van der Waals surface area contributed by atoms with E-state index in [1.54, 1.807) is 0 Å². The molecule has 4 nitrogen and oxygen atoms in total. The van der Waals surface area contributed by atoms with E-state index in [1.165, 1.54) is 49.7 Å². The van der Waals surface area contributed by atoms with Gasteiger partial charge in [0.15, 0.2) is 0 Å². The molecule has 0 aromatic heterocycles. The van der Waals surface area contributed by atoms with Crippen LogP contribution in [-0.2, 0) is 22.5 Å². The first-order valence-electron chi connectivity index (χ1n) is 13.2. The van der Waals surface area contributed by atoms with E-state index in [0.29, 0.717) is 19.6 Å². The molecule has 0 fully saturated rings. The maximum atomic E-state index is 12.1. The van der Waals surface area contributed by atoms with Crippen molar-refractivity contribution >= 4 is 5.97 Å².